The average molecular weight is 563 g/mol. The number of rotatable bonds is 9. The zero-order chi connectivity index (χ0) is 26.7. The molecule has 7 rings (SSSR count). The number of carbonyl (C=O) groups is 2. The third kappa shape index (κ3) is 4.99. The highest BCUT2D eigenvalue weighted by molar-refractivity contribution is 6.31. The standard InChI is InChI=1S/C28H29Cl2FN2O5/c29-15-1-4-24-19(5-15)22(32-16-6-17(34)7-16)9-25(38-24)23(35)10-27-12-28(13-27,14-27)33-26(36)11-37-18-2-3-20(30)21(31)8-18/h1-5,8,16-17,22,25,32,34H,6-7,9-14H2,(H,33,36)/t16?,17?,22-,25+,27?,28?/m1/s1. The summed E-state index contributed by atoms with van der Waals surface area (Å²) in [7, 11) is 0. The molecular formula is C28H29Cl2FN2O5. The second-order valence-electron chi connectivity index (χ2n) is 11.4. The number of nitrogens with one attached hydrogen (secondary N) is 2. The third-order valence-corrected chi connectivity index (χ3v) is 8.87. The zero-order valence-electron chi connectivity index (χ0n) is 20.6. The van der Waals surface area contributed by atoms with E-state index in [2.05, 4.69) is 10.6 Å². The van der Waals surface area contributed by atoms with Gasteiger partial charge in [0.05, 0.1) is 11.1 Å². The van der Waals surface area contributed by atoms with E-state index in [9.17, 15) is 19.1 Å². The van der Waals surface area contributed by atoms with E-state index in [0.717, 1.165) is 30.9 Å². The highest BCUT2D eigenvalue weighted by atomic mass is 35.5. The van der Waals surface area contributed by atoms with Gasteiger partial charge in [0.15, 0.2) is 18.5 Å². The summed E-state index contributed by atoms with van der Waals surface area (Å²) in [6.45, 7) is -0.222. The summed E-state index contributed by atoms with van der Waals surface area (Å²) in [5, 5.41) is 16.9. The van der Waals surface area contributed by atoms with Gasteiger partial charge in [0.2, 0.25) is 0 Å². The van der Waals surface area contributed by atoms with Gasteiger partial charge in [0.1, 0.15) is 17.3 Å². The summed E-state index contributed by atoms with van der Waals surface area (Å²) in [4.78, 5) is 25.8. The van der Waals surface area contributed by atoms with Crippen LogP contribution in [0.2, 0.25) is 10.0 Å². The molecule has 1 heterocycles. The average Bonchev–Trinajstić information content (AvgIpc) is 2.81. The van der Waals surface area contributed by atoms with Gasteiger partial charge in [-0.3, -0.25) is 9.59 Å². The molecule has 7 nitrogen and oxygen atoms in total. The predicted octanol–water partition coefficient (Wildman–Crippen LogP) is 4.51. The molecule has 38 heavy (non-hydrogen) atoms. The lowest BCUT2D eigenvalue weighted by Gasteiger charge is -2.70. The van der Waals surface area contributed by atoms with Gasteiger partial charge in [-0.05, 0) is 67.9 Å². The van der Waals surface area contributed by atoms with Crippen LogP contribution in [0.4, 0.5) is 4.39 Å². The van der Waals surface area contributed by atoms with E-state index in [4.69, 9.17) is 32.7 Å². The Labute approximate surface area is 230 Å². The van der Waals surface area contributed by atoms with Crippen LogP contribution in [-0.2, 0) is 9.59 Å². The second-order valence-corrected chi connectivity index (χ2v) is 12.3. The van der Waals surface area contributed by atoms with Crippen molar-refractivity contribution in [2.24, 2.45) is 5.41 Å². The molecule has 4 fully saturated rings. The lowest BCUT2D eigenvalue weighted by Crippen LogP contribution is -2.75. The zero-order valence-corrected chi connectivity index (χ0v) is 22.2. The number of ether oxygens (including phenoxy) is 2. The smallest absolute Gasteiger partial charge is 0.258 e. The molecule has 2 aromatic carbocycles. The van der Waals surface area contributed by atoms with Gasteiger partial charge in [-0.2, -0.15) is 0 Å². The minimum atomic E-state index is -0.603. The number of aliphatic hydroxyl groups excluding tert-OH is 1. The summed E-state index contributed by atoms with van der Waals surface area (Å²) in [5.41, 5.74) is 0.547. The molecular weight excluding hydrogens is 534 g/mol. The van der Waals surface area contributed by atoms with Gasteiger partial charge in [0.25, 0.3) is 5.91 Å². The van der Waals surface area contributed by atoms with Crippen molar-refractivity contribution in [2.45, 2.75) is 74.8 Å². The molecule has 10 heteroatoms. The lowest BCUT2D eigenvalue weighted by atomic mass is 9.38. The Morgan fingerprint density at radius 2 is 1.87 bits per heavy atom. The van der Waals surface area contributed by atoms with Crippen molar-refractivity contribution in [1.82, 2.24) is 10.6 Å². The van der Waals surface area contributed by atoms with Crippen molar-refractivity contribution in [3.63, 3.8) is 0 Å². The Balaban J connectivity index is 1.01. The lowest BCUT2D eigenvalue weighted by molar-refractivity contribution is -0.175. The quantitative estimate of drug-likeness (QED) is 0.416. The van der Waals surface area contributed by atoms with Crippen LogP contribution < -0.4 is 20.1 Å². The van der Waals surface area contributed by atoms with Crippen LogP contribution in [0, 0.1) is 11.2 Å². The fourth-order valence-electron chi connectivity index (χ4n) is 6.65. The van der Waals surface area contributed by atoms with E-state index in [-0.39, 0.29) is 58.2 Å². The number of hydrogen-bond donors (Lipinski definition) is 3. The molecule has 4 aliphatic carbocycles. The normalized spacial score (nSPS) is 32.5. The van der Waals surface area contributed by atoms with Crippen molar-refractivity contribution < 1.29 is 28.6 Å². The molecule has 5 aliphatic rings. The molecule has 1 aliphatic heterocycles. The molecule has 0 aromatic heterocycles. The maximum Gasteiger partial charge on any atom is 0.258 e. The highest BCUT2D eigenvalue weighted by Crippen LogP contribution is 2.69. The summed E-state index contributed by atoms with van der Waals surface area (Å²) in [5.74, 6) is 0.0889. The minimum absolute atomic E-state index is 0.00673. The third-order valence-electron chi connectivity index (χ3n) is 8.33. The maximum atomic E-state index is 13.6. The van der Waals surface area contributed by atoms with E-state index < -0.39 is 11.9 Å². The van der Waals surface area contributed by atoms with E-state index in [1.807, 2.05) is 12.1 Å². The van der Waals surface area contributed by atoms with Crippen molar-refractivity contribution in [3.05, 3.63) is 57.8 Å². The number of aliphatic hydroxyl groups is 1. The molecule has 0 saturated heterocycles. The van der Waals surface area contributed by atoms with Crippen LogP contribution in [0.5, 0.6) is 11.5 Å². The van der Waals surface area contributed by atoms with Gasteiger partial charge in [-0.15, -0.1) is 0 Å². The first kappa shape index (κ1) is 25.9. The van der Waals surface area contributed by atoms with Gasteiger partial charge < -0.3 is 25.2 Å². The monoisotopic (exact) mass is 562 g/mol. The molecule has 4 saturated carbocycles. The van der Waals surface area contributed by atoms with Crippen LogP contribution in [0.1, 0.15) is 56.6 Å². The van der Waals surface area contributed by atoms with Crippen LogP contribution in [0.15, 0.2) is 36.4 Å². The largest absolute Gasteiger partial charge is 0.484 e. The molecule has 0 spiro atoms. The highest BCUT2D eigenvalue weighted by Gasteiger charge is 2.68. The van der Waals surface area contributed by atoms with Crippen molar-refractivity contribution in [1.29, 1.82) is 0 Å². The number of benzene rings is 2. The Morgan fingerprint density at radius 3 is 2.58 bits per heavy atom. The topological polar surface area (TPSA) is 96.9 Å². The van der Waals surface area contributed by atoms with E-state index in [1.54, 1.807) is 6.07 Å². The van der Waals surface area contributed by atoms with E-state index >= 15 is 0 Å². The molecule has 2 atom stereocenters. The molecule has 2 bridgehead atoms. The summed E-state index contributed by atoms with van der Waals surface area (Å²) in [6.07, 6.45) is 3.72. The Hall–Kier alpha value is -2.39. The number of ketones is 1. The first-order chi connectivity index (χ1) is 18.1. The summed E-state index contributed by atoms with van der Waals surface area (Å²) >= 11 is 11.9. The number of Topliss-reactive ketones (excluding diaryl/α,β-unsaturated/α-hetero) is 1. The molecule has 0 radical (unpaired) electrons. The SMILES string of the molecule is O=C(COc1ccc(Cl)c(F)c1)NC12CC(CC(=O)[C@@H]3C[C@@H](NC4CC(O)C4)c4cc(Cl)ccc4O3)(C1)C2. The van der Waals surface area contributed by atoms with Crippen LogP contribution in [0.25, 0.3) is 0 Å². The van der Waals surface area contributed by atoms with Gasteiger partial charge in [-0.1, -0.05) is 23.2 Å². The first-order valence-electron chi connectivity index (χ1n) is 12.9. The molecule has 2 aromatic rings. The number of carbonyl (C=O) groups excluding carboxylic acids is 2. The van der Waals surface area contributed by atoms with Crippen molar-refractivity contribution in [2.75, 3.05) is 6.61 Å². The minimum Gasteiger partial charge on any atom is -0.484 e. The summed E-state index contributed by atoms with van der Waals surface area (Å²) in [6, 6.07) is 9.63. The number of fused-ring (bicyclic) bond motifs is 1. The van der Waals surface area contributed by atoms with Crippen LogP contribution in [0.3, 0.4) is 0 Å². The molecule has 1 amide bonds. The molecule has 202 valence electrons. The summed E-state index contributed by atoms with van der Waals surface area (Å²) < 4.78 is 25.1. The van der Waals surface area contributed by atoms with Gasteiger partial charge in [-0.25, -0.2) is 4.39 Å². The van der Waals surface area contributed by atoms with Gasteiger partial charge in [0, 0.05) is 47.1 Å². The maximum absolute atomic E-state index is 13.6. The second kappa shape index (κ2) is 9.66. The van der Waals surface area contributed by atoms with Crippen molar-refractivity contribution >= 4 is 34.9 Å². The fraction of sp³-hybridized carbons (Fsp3) is 0.500. The van der Waals surface area contributed by atoms with Crippen LogP contribution in [-0.4, -0.2) is 47.2 Å². The predicted molar refractivity (Wildman–Crippen MR) is 139 cm³/mol. The number of halogens is 3. The van der Waals surface area contributed by atoms with E-state index in [1.165, 1.54) is 12.1 Å². The molecule has 0 unspecified atom stereocenters. The Morgan fingerprint density at radius 1 is 1.11 bits per heavy atom. The van der Waals surface area contributed by atoms with E-state index in [0.29, 0.717) is 36.5 Å². The number of hydrogen-bond acceptors (Lipinski definition) is 6. The van der Waals surface area contributed by atoms with Gasteiger partial charge >= 0.3 is 0 Å². The first-order valence-corrected chi connectivity index (χ1v) is 13.7. The van der Waals surface area contributed by atoms with Crippen LogP contribution >= 0.6 is 23.2 Å². The van der Waals surface area contributed by atoms with Crippen molar-refractivity contribution in [3.8, 4) is 11.5 Å². The Kier molecular flexibility index (Phi) is 6.58. The number of amides is 1. The Bertz CT molecular complexity index is 1260. The fourth-order valence-corrected chi connectivity index (χ4v) is 6.95. The molecule has 3 N–H and O–H groups in total.